The summed E-state index contributed by atoms with van der Waals surface area (Å²) in [6.07, 6.45) is 3.51. The highest BCUT2D eigenvalue weighted by atomic mass is 19.1. The van der Waals surface area contributed by atoms with Crippen molar-refractivity contribution in [2.45, 2.75) is 5.92 Å². The molecule has 3 heteroatoms. The summed E-state index contributed by atoms with van der Waals surface area (Å²) in [5.74, 6) is -0.175. The zero-order valence-corrected chi connectivity index (χ0v) is 9.73. The first-order chi connectivity index (χ1) is 8.33. The summed E-state index contributed by atoms with van der Waals surface area (Å²) in [5, 5.41) is 3.10. The number of nitrogens with zero attached hydrogens (tertiary/aromatic N) is 1. The third-order valence-corrected chi connectivity index (χ3v) is 2.78. The van der Waals surface area contributed by atoms with Crippen LogP contribution in [0.25, 0.3) is 0 Å². The Balaban J connectivity index is 2.39. The first-order valence-electron chi connectivity index (χ1n) is 5.62. The van der Waals surface area contributed by atoms with Crippen LogP contribution in [0.1, 0.15) is 17.0 Å². The summed E-state index contributed by atoms with van der Waals surface area (Å²) in [4.78, 5) is 4.09. The summed E-state index contributed by atoms with van der Waals surface area (Å²) in [7, 11) is 1.87. The van der Waals surface area contributed by atoms with Crippen molar-refractivity contribution in [1.82, 2.24) is 10.3 Å². The fourth-order valence-corrected chi connectivity index (χ4v) is 1.95. The van der Waals surface area contributed by atoms with E-state index in [-0.39, 0.29) is 11.7 Å². The molecule has 0 spiro atoms. The number of aromatic nitrogens is 1. The van der Waals surface area contributed by atoms with E-state index in [1.807, 2.05) is 31.3 Å². The molecule has 0 radical (unpaired) electrons. The molecule has 1 N–H and O–H groups in total. The van der Waals surface area contributed by atoms with Crippen molar-refractivity contribution in [3.05, 3.63) is 65.7 Å². The van der Waals surface area contributed by atoms with E-state index in [0.29, 0.717) is 12.1 Å². The molecule has 0 aliphatic carbocycles. The van der Waals surface area contributed by atoms with E-state index in [9.17, 15) is 4.39 Å². The zero-order chi connectivity index (χ0) is 12.1. The molecule has 1 unspecified atom stereocenters. The number of nitrogens with one attached hydrogen (secondary N) is 1. The average molecular weight is 230 g/mol. The van der Waals surface area contributed by atoms with Gasteiger partial charge in [-0.05, 0) is 30.3 Å². The highest BCUT2D eigenvalue weighted by Crippen LogP contribution is 2.25. The Kier molecular flexibility index (Phi) is 3.83. The Bertz CT molecular complexity index is 471. The minimum atomic E-state index is -0.170. The second kappa shape index (κ2) is 5.55. The van der Waals surface area contributed by atoms with E-state index in [0.717, 1.165) is 5.56 Å². The summed E-state index contributed by atoms with van der Waals surface area (Å²) >= 11 is 0. The molecule has 1 atom stereocenters. The molecule has 0 amide bonds. The number of likely N-dealkylation sites (N-methyl/N-ethyl adjacent to an activating group) is 1. The van der Waals surface area contributed by atoms with Crippen LogP contribution in [-0.2, 0) is 0 Å². The minimum Gasteiger partial charge on any atom is -0.319 e. The number of rotatable bonds is 4. The second-order valence-corrected chi connectivity index (χ2v) is 3.92. The first-order valence-corrected chi connectivity index (χ1v) is 5.62. The molecule has 0 fully saturated rings. The van der Waals surface area contributed by atoms with Crippen LogP contribution in [0.3, 0.4) is 0 Å². The summed E-state index contributed by atoms with van der Waals surface area (Å²) < 4.78 is 13.8. The minimum absolute atomic E-state index is 0.00472. The van der Waals surface area contributed by atoms with E-state index in [1.54, 1.807) is 18.5 Å². The van der Waals surface area contributed by atoms with Crippen LogP contribution in [0.15, 0.2) is 48.8 Å². The van der Waals surface area contributed by atoms with Gasteiger partial charge in [0, 0.05) is 24.9 Å². The second-order valence-electron chi connectivity index (χ2n) is 3.92. The first kappa shape index (κ1) is 11.7. The molecule has 17 heavy (non-hydrogen) atoms. The predicted molar refractivity (Wildman–Crippen MR) is 66.4 cm³/mol. The third kappa shape index (κ3) is 2.68. The number of pyridine rings is 1. The normalized spacial score (nSPS) is 12.4. The third-order valence-electron chi connectivity index (χ3n) is 2.78. The molecule has 0 aliphatic rings. The standard InChI is InChI=1S/C14H15FN2/c1-16-10-13(11-5-4-8-17-9-11)12-6-2-3-7-14(12)15/h2-9,13,16H,10H2,1H3. The van der Waals surface area contributed by atoms with Crippen LogP contribution in [0.4, 0.5) is 4.39 Å². The summed E-state index contributed by atoms with van der Waals surface area (Å²) in [6.45, 7) is 0.687. The van der Waals surface area contributed by atoms with Gasteiger partial charge in [-0.3, -0.25) is 4.98 Å². The van der Waals surface area contributed by atoms with Gasteiger partial charge >= 0.3 is 0 Å². The maximum Gasteiger partial charge on any atom is 0.127 e. The van der Waals surface area contributed by atoms with Gasteiger partial charge in [0.1, 0.15) is 5.82 Å². The monoisotopic (exact) mass is 230 g/mol. The number of benzene rings is 1. The van der Waals surface area contributed by atoms with E-state index in [2.05, 4.69) is 10.3 Å². The van der Waals surface area contributed by atoms with Gasteiger partial charge in [0.2, 0.25) is 0 Å². The highest BCUT2D eigenvalue weighted by Gasteiger charge is 2.16. The molecule has 2 nitrogen and oxygen atoms in total. The predicted octanol–water partition coefficient (Wildman–Crippen LogP) is 2.57. The Hall–Kier alpha value is -1.74. The molecule has 0 bridgehead atoms. The Morgan fingerprint density at radius 3 is 2.71 bits per heavy atom. The van der Waals surface area contributed by atoms with Gasteiger partial charge in [0.15, 0.2) is 0 Å². The summed E-state index contributed by atoms with van der Waals surface area (Å²) in [5.41, 5.74) is 1.72. The lowest BCUT2D eigenvalue weighted by molar-refractivity contribution is 0.586. The Morgan fingerprint density at radius 1 is 1.24 bits per heavy atom. The highest BCUT2D eigenvalue weighted by molar-refractivity contribution is 5.32. The van der Waals surface area contributed by atoms with E-state index >= 15 is 0 Å². The molecular formula is C14H15FN2. The van der Waals surface area contributed by atoms with E-state index < -0.39 is 0 Å². The molecular weight excluding hydrogens is 215 g/mol. The molecule has 1 aromatic carbocycles. The Morgan fingerprint density at radius 2 is 2.06 bits per heavy atom. The van der Waals surface area contributed by atoms with Crippen molar-refractivity contribution in [1.29, 1.82) is 0 Å². The van der Waals surface area contributed by atoms with Crippen LogP contribution in [-0.4, -0.2) is 18.6 Å². The molecule has 2 rings (SSSR count). The SMILES string of the molecule is CNCC(c1cccnc1)c1ccccc1F. The topological polar surface area (TPSA) is 24.9 Å². The molecule has 0 aliphatic heterocycles. The molecule has 1 aromatic heterocycles. The summed E-state index contributed by atoms with van der Waals surface area (Å²) in [6, 6.07) is 10.7. The van der Waals surface area contributed by atoms with Gasteiger partial charge in [-0.1, -0.05) is 24.3 Å². The van der Waals surface area contributed by atoms with E-state index in [1.165, 1.54) is 6.07 Å². The van der Waals surface area contributed by atoms with Crippen molar-refractivity contribution in [2.75, 3.05) is 13.6 Å². The molecule has 1 heterocycles. The number of hydrogen-bond donors (Lipinski definition) is 1. The zero-order valence-electron chi connectivity index (χ0n) is 9.73. The molecule has 0 saturated carbocycles. The maximum atomic E-state index is 13.8. The lowest BCUT2D eigenvalue weighted by Crippen LogP contribution is -2.19. The van der Waals surface area contributed by atoms with Gasteiger partial charge < -0.3 is 5.32 Å². The molecule has 2 aromatic rings. The number of halogens is 1. The largest absolute Gasteiger partial charge is 0.319 e. The van der Waals surface area contributed by atoms with E-state index in [4.69, 9.17) is 0 Å². The smallest absolute Gasteiger partial charge is 0.127 e. The average Bonchev–Trinajstić information content (AvgIpc) is 2.38. The quantitative estimate of drug-likeness (QED) is 0.873. The lowest BCUT2D eigenvalue weighted by atomic mass is 9.92. The van der Waals surface area contributed by atoms with Crippen molar-refractivity contribution in [3.8, 4) is 0 Å². The fraction of sp³-hybridized carbons (Fsp3) is 0.214. The maximum absolute atomic E-state index is 13.8. The van der Waals surface area contributed by atoms with Crippen molar-refractivity contribution < 1.29 is 4.39 Å². The van der Waals surface area contributed by atoms with Crippen LogP contribution in [0.5, 0.6) is 0 Å². The van der Waals surface area contributed by atoms with Crippen molar-refractivity contribution in [3.63, 3.8) is 0 Å². The van der Waals surface area contributed by atoms with Crippen molar-refractivity contribution in [2.24, 2.45) is 0 Å². The Labute approximate surface area is 101 Å². The fourth-order valence-electron chi connectivity index (χ4n) is 1.95. The molecule has 0 saturated heterocycles. The van der Waals surface area contributed by atoms with Crippen LogP contribution >= 0.6 is 0 Å². The molecule has 88 valence electrons. The van der Waals surface area contributed by atoms with Gasteiger partial charge in [0.05, 0.1) is 0 Å². The van der Waals surface area contributed by atoms with Crippen molar-refractivity contribution >= 4 is 0 Å². The lowest BCUT2D eigenvalue weighted by Gasteiger charge is -2.17. The van der Waals surface area contributed by atoms with Gasteiger partial charge in [-0.15, -0.1) is 0 Å². The van der Waals surface area contributed by atoms with Gasteiger partial charge in [-0.2, -0.15) is 0 Å². The van der Waals surface area contributed by atoms with Gasteiger partial charge in [0.25, 0.3) is 0 Å². The van der Waals surface area contributed by atoms with Crippen LogP contribution in [0, 0.1) is 5.82 Å². The van der Waals surface area contributed by atoms with Gasteiger partial charge in [-0.25, -0.2) is 4.39 Å². The number of hydrogen-bond acceptors (Lipinski definition) is 2. The van der Waals surface area contributed by atoms with Crippen LogP contribution < -0.4 is 5.32 Å². The van der Waals surface area contributed by atoms with Crippen LogP contribution in [0.2, 0.25) is 0 Å².